The topological polar surface area (TPSA) is 39.2 Å². The van der Waals surface area contributed by atoms with Crippen LogP contribution in [0.25, 0.3) is 16.8 Å². The number of hydrogen-bond acceptors (Lipinski definition) is 3. The van der Waals surface area contributed by atoms with Gasteiger partial charge in [0.25, 0.3) is 0 Å². The first kappa shape index (κ1) is 14.6. The Morgan fingerprint density at radius 3 is 2.92 bits per heavy atom. The molecule has 1 aromatic heterocycles. The van der Waals surface area contributed by atoms with Crippen molar-refractivity contribution in [2.75, 3.05) is 6.61 Å². The molecule has 4 rings (SSSR count). The van der Waals surface area contributed by atoms with Gasteiger partial charge in [-0.15, -0.1) is 0 Å². The second-order valence-corrected chi connectivity index (χ2v) is 6.19. The predicted molar refractivity (Wildman–Crippen MR) is 95.5 cm³/mol. The van der Waals surface area contributed by atoms with Gasteiger partial charge < -0.3 is 4.74 Å². The third-order valence-electron chi connectivity index (χ3n) is 4.39. The summed E-state index contributed by atoms with van der Waals surface area (Å²) >= 11 is 0. The van der Waals surface area contributed by atoms with Gasteiger partial charge in [-0.3, -0.25) is 9.78 Å². The summed E-state index contributed by atoms with van der Waals surface area (Å²) < 4.78 is 5.85. The van der Waals surface area contributed by atoms with E-state index in [9.17, 15) is 4.79 Å². The van der Waals surface area contributed by atoms with Gasteiger partial charge >= 0.3 is 0 Å². The summed E-state index contributed by atoms with van der Waals surface area (Å²) in [7, 11) is 0. The van der Waals surface area contributed by atoms with Crippen LogP contribution >= 0.6 is 0 Å². The highest BCUT2D eigenvalue weighted by Crippen LogP contribution is 2.32. The van der Waals surface area contributed by atoms with Crippen molar-refractivity contribution in [1.82, 2.24) is 4.98 Å². The number of aromatic nitrogens is 1. The Kier molecular flexibility index (Phi) is 3.42. The molecule has 0 radical (unpaired) electrons. The second kappa shape index (κ2) is 5.60. The number of Topliss-reactive ketones (excluding diaryl/α,β-unsaturated/α-hetero) is 1. The Hall–Kier alpha value is -2.94. The van der Waals surface area contributed by atoms with Crippen molar-refractivity contribution >= 4 is 22.6 Å². The standard InChI is InChI=1S/C21H17NO2/c1-13-8-14(2)20-19(9-13)24-12-17(21(20)23)10-15-4-3-5-16-11-22-7-6-18(15)16/h3-11H,12H2,1-2H3/b17-10-. The van der Waals surface area contributed by atoms with E-state index in [1.54, 1.807) is 6.20 Å². The third-order valence-corrected chi connectivity index (χ3v) is 4.39. The zero-order valence-corrected chi connectivity index (χ0v) is 13.7. The maximum absolute atomic E-state index is 12.9. The zero-order valence-electron chi connectivity index (χ0n) is 13.7. The van der Waals surface area contributed by atoms with Crippen LogP contribution in [0, 0.1) is 13.8 Å². The van der Waals surface area contributed by atoms with Crippen LogP contribution in [0.4, 0.5) is 0 Å². The summed E-state index contributed by atoms with van der Waals surface area (Å²) in [5.74, 6) is 0.747. The molecule has 0 N–H and O–H groups in total. The molecular formula is C21H17NO2. The van der Waals surface area contributed by atoms with Crippen LogP contribution in [0.15, 0.2) is 54.4 Å². The number of nitrogens with zero attached hydrogens (tertiary/aromatic N) is 1. The van der Waals surface area contributed by atoms with Gasteiger partial charge in [-0.1, -0.05) is 24.3 Å². The van der Waals surface area contributed by atoms with Crippen molar-refractivity contribution in [1.29, 1.82) is 0 Å². The van der Waals surface area contributed by atoms with E-state index >= 15 is 0 Å². The molecule has 0 saturated heterocycles. The number of carbonyl (C=O) groups is 1. The third kappa shape index (κ3) is 2.38. The van der Waals surface area contributed by atoms with Gasteiger partial charge in [0.1, 0.15) is 12.4 Å². The summed E-state index contributed by atoms with van der Waals surface area (Å²) in [5, 5.41) is 2.14. The van der Waals surface area contributed by atoms with Crippen molar-refractivity contribution in [3.63, 3.8) is 0 Å². The van der Waals surface area contributed by atoms with E-state index in [1.807, 2.05) is 62.5 Å². The van der Waals surface area contributed by atoms with Gasteiger partial charge in [0, 0.05) is 23.4 Å². The highest BCUT2D eigenvalue weighted by Gasteiger charge is 2.25. The molecule has 0 atom stereocenters. The summed E-state index contributed by atoms with van der Waals surface area (Å²) in [5.41, 5.74) is 4.43. The fraction of sp³-hybridized carbons (Fsp3) is 0.143. The number of benzene rings is 2. The van der Waals surface area contributed by atoms with Crippen LogP contribution in [0.1, 0.15) is 27.0 Å². The van der Waals surface area contributed by atoms with E-state index in [0.717, 1.165) is 27.5 Å². The van der Waals surface area contributed by atoms with Gasteiger partial charge in [0.05, 0.1) is 5.56 Å². The van der Waals surface area contributed by atoms with Crippen molar-refractivity contribution in [2.24, 2.45) is 0 Å². The molecule has 118 valence electrons. The summed E-state index contributed by atoms with van der Waals surface area (Å²) in [6.45, 7) is 4.27. The van der Waals surface area contributed by atoms with Crippen molar-refractivity contribution in [3.8, 4) is 5.75 Å². The fourth-order valence-corrected chi connectivity index (χ4v) is 3.28. The van der Waals surface area contributed by atoms with Crippen molar-refractivity contribution in [3.05, 3.63) is 76.6 Å². The van der Waals surface area contributed by atoms with E-state index < -0.39 is 0 Å². The molecule has 0 unspecified atom stereocenters. The molecule has 1 aliphatic heterocycles. The minimum absolute atomic E-state index is 0.0554. The number of ether oxygens (including phenoxy) is 1. The van der Waals surface area contributed by atoms with Crippen LogP contribution in [-0.4, -0.2) is 17.4 Å². The fourth-order valence-electron chi connectivity index (χ4n) is 3.28. The number of pyridine rings is 1. The Labute approximate surface area is 140 Å². The number of carbonyl (C=O) groups excluding carboxylic acids is 1. The van der Waals surface area contributed by atoms with Gasteiger partial charge in [-0.2, -0.15) is 0 Å². The first-order valence-corrected chi connectivity index (χ1v) is 7.95. The maximum Gasteiger partial charge on any atom is 0.196 e. The van der Waals surface area contributed by atoms with E-state index in [4.69, 9.17) is 4.74 Å². The van der Waals surface area contributed by atoms with Crippen LogP contribution in [0.2, 0.25) is 0 Å². The molecule has 0 amide bonds. The molecule has 3 nitrogen and oxygen atoms in total. The van der Waals surface area contributed by atoms with E-state index in [1.165, 1.54) is 0 Å². The number of rotatable bonds is 1. The van der Waals surface area contributed by atoms with Gasteiger partial charge in [-0.05, 0) is 54.1 Å². The Balaban J connectivity index is 1.83. The van der Waals surface area contributed by atoms with Crippen LogP contribution in [0.3, 0.4) is 0 Å². The highest BCUT2D eigenvalue weighted by atomic mass is 16.5. The number of aryl methyl sites for hydroxylation is 2. The molecule has 0 spiro atoms. The molecule has 3 heteroatoms. The van der Waals surface area contributed by atoms with Crippen LogP contribution in [0.5, 0.6) is 5.75 Å². The summed E-state index contributed by atoms with van der Waals surface area (Å²) in [6.07, 6.45) is 5.54. The number of hydrogen-bond donors (Lipinski definition) is 0. The van der Waals surface area contributed by atoms with E-state index in [-0.39, 0.29) is 5.78 Å². The molecule has 24 heavy (non-hydrogen) atoms. The number of ketones is 1. The lowest BCUT2D eigenvalue weighted by molar-refractivity contribution is 0.1000. The largest absolute Gasteiger partial charge is 0.488 e. The average Bonchev–Trinajstić information content (AvgIpc) is 2.57. The van der Waals surface area contributed by atoms with Gasteiger partial charge in [-0.25, -0.2) is 0 Å². The minimum atomic E-state index is 0.0554. The Morgan fingerprint density at radius 2 is 2.04 bits per heavy atom. The van der Waals surface area contributed by atoms with E-state index in [0.29, 0.717) is 23.5 Å². The second-order valence-electron chi connectivity index (χ2n) is 6.19. The highest BCUT2D eigenvalue weighted by molar-refractivity contribution is 6.15. The lowest BCUT2D eigenvalue weighted by Gasteiger charge is -2.21. The molecule has 0 bridgehead atoms. The molecule has 0 saturated carbocycles. The molecule has 2 aromatic carbocycles. The normalized spacial score (nSPS) is 15.4. The molecule has 0 aliphatic carbocycles. The maximum atomic E-state index is 12.9. The molecule has 1 aliphatic rings. The quantitative estimate of drug-likeness (QED) is 0.620. The zero-order chi connectivity index (χ0) is 16.7. The average molecular weight is 315 g/mol. The van der Waals surface area contributed by atoms with Crippen molar-refractivity contribution in [2.45, 2.75) is 13.8 Å². The minimum Gasteiger partial charge on any atom is -0.488 e. The molecule has 2 heterocycles. The Morgan fingerprint density at radius 1 is 1.17 bits per heavy atom. The smallest absolute Gasteiger partial charge is 0.196 e. The molecule has 3 aromatic rings. The van der Waals surface area contributed by atoms with Gasteiger partial charge in [0.2, 0.25) is 0 Å². The number of fused-ring (bicyclic) bond motifs is 2. The summed E-state index contributed by atoms with van der Waals surface area (Å²) in [4.78, 5) is 17.1. The van der Waals surface area contributed by atoms with Crippen LogP contribution < -0.4 is 4.74 Å². The molecular weight excluding hydrogens is 298 g/mol. The Bertz CT molecular complexity index is 997. The summed E-state index contributed by atoms with van der Waals surface area (Å²) in [6, 6.07) is 11.9. The van der Waals surface area contributed by atoms with Crippen molar-refractivity contribution < 1.29 is 9.53 Å². The SMILES string of the molecule is Cc1cc(C)c2c(c1)OC/C(=C/c1cccc3cnccc13)C2=O. The predicted octanol–water partition coefficient (Wildman–Crippen LogP) is 4.51. The first-order valence-electron chi connectivity index (χ1n) is 7.95. The van der Waals surface area contributed by atoms with Gasteiger partial charge in [0.15, 0.2) is 5.78 Å². The first-order chi connectivity index (χ1) is 11.6. The van der Waals surface area contributed by atoms with Crippen LogP contribution in [-0.2, 0) is 0 Å². The van der Waals surface area contributed by atoms with E-state index in [2.05, 4.69) is 4.98 Å². The molecule has 0 fully saturated rings. The monoisotopic (exact) mass is 315 g/mol. The lowest BCUT2D eigenvalue weighted by atomic mass is 9.93. The lowest BCUT2D eigenvalue weighted by Crippen LogP contribution is -2.20.